The molecule has 0 amide bonds. The fraction of sp³-hybridized carbons (Fsp3) is 0.0909. The van der Waals surface area contributed by atoms with Gasteiger partial charge < -0.3 is 4.74 Å². The van der Waals surface area contributed by atoms with Crippen LogP contribution in [0.4, 0.5) is 0 Å². The van der Waals surface area contributed by atoms with Crippen LogP contribution < -0.4 is 4.74 Å². The van der Waals surface area contributed by atoms with Crippen molar-refractivity contribution in [2.75, 3.05) is 7.11 Å². The van der Waals surface area contributed by atoms with Crippen LogP contribution in [-0.4, -0.2) is 7.11 Å². The molecule has 4 rings (SSSR count). The number of ether oxygens (including phenoxy) is 1. The number of benzene rings is 3. The molecule has 0 saturated heterocycles. The van der Waals surface area contributed by atoms with Crippen molar-refractivity contribution >= 4 is 6.08 Å². The Bertz CT molecular complexity index is 862. The predicted octanol–water partition coefficient (Wildman–Crippen LogP) is 5.52. The zero-order valence-corrected chi connectivity index (χ0v) is 13.1. The van der Waals surface area contributed by atoms with Crippen LogP contribution in [0.2, 0.25) is 0 Å². The Hall–Kier alpha value is -2.80. The molecule has 0 saturated carbocycles. The molecule has 0 N–H and O–H groups in total. The standard InChI is InChI=1S/C22H18O/c1-23-22-19(16-8-3-2-4-9-16)12-7-13-21(22)20-15-14-17-10-5-6-11-18(17)20/h2-15,20H,1H3. The summed E-state index contributed by atoms with van der Waals surface area (Å²) in [5.74, 6) is 1.22. The minimum absolute atomic E-state index is 0.254. The van der Waals surface area contributed by atoms with E-state index in [2.05, 4.69) is 78.9 Å². The van der Waals surface area contributed by atoms with Crippen molar-refractivity contribution in [2.45, 2.75) is 5.92 Å². The van der Waals surface area contributed by atoms with Crippen molar-refractivity contribution < 1.29 is 4.74 Å². The lowest BCUT2D eigenvalue weighted by Crippen LogP contribution is -2.01. The van der Waals surface area contributed by atoms with Gasteiger partial charge in [-0.25, -0.2) is 0 Å². The van der Waals surface area contributed by atoms with E-state index in [1.54, 1.807) is 7.11 Å². The highest BCUT2D eigenvalue weighted by Crippen LogP contribution is 2.43. The van der Waals surface area contributed by atoms with Gasteiger partial charge in [-0.3, -0.25) is 0 Å². The monoisotopic (exact) mass is 298 g/mol. The predicted molar refractivity (Wildman–Crippen MR) is 95.7 cm³/mol. The quantitative estimate of drug-likeness (QED) is 0.618. The van der Waals surface area contributed by atoms with Gasteiger partial charge in [0.1, 0.15) is 5.75 Å². The van der Waals surface area contributed by atoms with Crippen LogP contribution in [0.1, 0.15) is 22.6 Å². The molecule has 112 valence electrons. The molecular formula is C22H18O. The van der Waals surface area contributed by atoms with Crippen molar-refractivity contribution in [3.8, 4) is 16.9 Å². The van der Waals surface area contributed by atoms with E-state index in [0.717, 1.165) is 11.3 Å². The average Bonchev–Trinajstić information content (AvgIpc) is 3.05. The van der Waals surface area contributed by atoms with E-state index in [9.17, 15) is 0 Å². The van der Waals surface area contributed by atoms with Crippen LogP contribution in [0.3, 0.4) is 0 Å². The number of rotatable bonds is 3. The molecule has 1 atom stereocenters. The normalized spacial score (nSPS) is 15.4. The maximum atomic E-state index is 5.82. The molecule has 1 nitrogen and oxygen atoms in total. The molecule has 0 fully saturated rings. The topological polar surface area (TPSA) is 9.23 Å². The molecule has 0 radical (unpaired) electrons. The van der Waals surface area contributed by atoms with Gasteiger partial charge in [0.2, 0.25) is 0 Å². The van der Waals surface area contributed by atoms with Gasteiger partial charge in [-0.1, -0.05) is 84.9 Å². The Morgan fingerprint density at radius 3 is 2.30 bits per heavy atom. The van der Waals surface area contributed by atoms with E-state index in [1.807, 2.05) is 6.07 Å². The molecular weight excluding hydrogens is 280 g/mol. The summed E-state index contributed by atoms with van der Waals surface area (Å²) in [6.07, 6.45) is 4.46. The van der Waals surface area contributed by atoms with E-state index in [4.69, 9.17) is 4.74 Å². The summed E-state index contributed by atoms with van der Waals surface area (Å²) in [6.45, 7) is 0. The molecule has 0 heterocycles. The van der Waals surface area contributed by atoms with Crippen molar-refractivity contribution in [3.63, 3.8) is 0 Å². The second kappa shape index (κ2) is 5.77. The number of para-hydroxylation sites is 1. The van der Waals surface area contributed by atoms with Crippen LogP contribution in [-0.2, 0) is 0 Å². The number of allylic oxidation sites excluding steroid dienone is 1. The molecule has 1 heteroatoms. The SMILES string of the molecule is COc1c(-c2ccccc2)cccc1C1C=Cc2ccccc21. The van der Waals surface area contributed by atoms with Crippen LogP contribution in [0.5, 0.6) is 5.75 Å². The van der Waals surface area contributed by atoms with Crippen LogP contribution in [0, 0.1) is 0 Å². The summed E-state index contributed by atoms with van der Waals surface area (Å²) in [5, 5.41) is 0. The maximum absolute atomic E-state index is 5.82. The third-order valence-electron chi connectivity index (χ3n) is 4.47. The molecule has 1 unspecified atom stereocenters. The Morgan fingerprint density at radius 1 is 0.739 bits per heavy atom. The molecule has 23 heavy (non-hydrogen) atoms. The van der Waals surface area contributed by atoms with Crippen molar-refractivity contribution in [1.29, 1.82) is 0 Å². The van der Waals surface area contributed by atoms with Gasteiger partial charge in [0.15, 0.2) is 0 Å². The lowest BCUT2D eigenvalue weighted by molar-refractivity contribution is 0.411. The third kappa shape index (κ3) is 2.35. The number of fused-ring (bicyclic) bond motifs is 1. The Morgan fingerprint density at radius 2 is 1.48 bits per heavy atom. The summed E-state index contributed by atoms with van der Waals surface area (Å²) in [4.78, 5) is 0. The second-order valence-electron chi connectivity index (χ2n) is 5.76. The summed E-state index contributed by atoms with van der Waals surface area (Å²) in [7, 11) is 1.76. The fourth-order valence-electron chi connectivity index (χ4n) is 3.39. The first kappa shape index (κ1) is 13.8. The second-order valence-corrected chi connectivity index (χ2v) is 5.76. The maximum Gasteiger partial charge on any atom is 0.130 e. The van der Waals surface area contributed by atoms with Gasteiger partial charge >= 0.3 is 0 Å². The largest absolute Gasteiger partial charge is 0.496 e. The summed E-state index contributed by atoms with van der Waals surface area (Å²) in [5.41, 5.74) is 6.18. The van der Waals surface area contributed by atoms with E-state index in [1.165, 1.54) is 22.3 Å². The third-order valence-corrected chi connectivity index (χ3v) is 4.47. The number of methoxy groups -OCH3 is 1. The zero-order valence-electron chi connectivity index (χ0n) is 13.1. The minimum atomic E-state index is 0.254. The molecule has 3 aromatic carbocycles. The lowest BCUT2D eigenvalue weighted by atomic mass is 9.89. The Balaban J connectivity index is 1.87. The van der Waals surface area contributed by atoms with Gasteiger partial charge in [0.05, 0.1) is 7.11 Å². The van der Waals surface area contributed by atoms with E-state index in [0.29, 0.717) is 0 Å². The first-order valence-corrected chi connectivity index (χ1v) is 7.88. The van der Waals surface area contributed by atoms with Crippen molar-refractivity contribution in [1.82, 2.24) is 0 Å². The zero-order chi connectivity index (χ0) is 15.6. The first-order valence-electron chi connectivity index (χ1n) is 7.88. The van der Waals surface area contributed by atoms with Crippen LogP contribution in [0.25, 0.3) is 17.2 Å². The molecule has 1 aliphatic rings. The van der Waals surface area contributed by atoms with Gasteiger partial charge in [0.25, 0.3) is 0 Å². The van der Waals surface area contributed by atoms with Gasteiger partial charge in [-0.2, -0.15) is 0 Å². The van der Waals surface area contributed by atoms with E-state index < -0.39 is 0 Å². The fourth-order valence-corrected chi connectivity index (χ4v) is 3.39. The smallest absolute Gasteiger partial charge is 0.130 e. The summed E-state index contributed by atoms with van der Waals surface area (Å²) >= 11 is 0. The number of hydrogen-bond acceptors (Lipinski definition) is 1. The van der Waals surface area contributed by atoms with Gasteiger partial charge in [-0.15, -0.1) is 0 Å². The molecule has 0 aliphatic heterocycles. The Kier molecular flexibility index (Phi) is 3.47. The lowest BCUT2D eigenvalue weighted by Gasteiger charge is -2.18. The van der Waals surface area contributed by atoms with E-state index >= 15 is 0 Å². The molecule has 1 aliphatic carbocycles. The average molecular weight is 298 g/mol. The van der Waals surface area contributed by atoms with Crippen LogP contribution in [0.15, 0.2) is 78.9 Å². The molecule has 0 bridgehead atoms. The van der Waals surface area contributed by atoms with Crippen molar-refractivity contribution in [2.24, 2.45) is 0 Å². The van der Waals surface area contributed by atoms with Gasteiger partial charge in [0, 0.05) is 17.0 Å². The Labute approximate surface area is 136 Å². The van der Waals surface area contributed by atoms with Gasteiger partial charge in [-0.05, 0) is 16.7 Å². The number of hydrogen-bond donors (Lipinski definition) is 0. The highest BCUT2D eigenvalue weighted by Gasteiger charge is 2.23. The van der Waals surface area contributed by atoms with Crippen molar-refractivity contribution in [3.05, 3.63) is 95.6 Å². The summed E-state index contributed by atoms with van der Waals surface area (Å²) in [6, 6.07) is 25.4. The molecule has 0 spiro atoms. The molecule has 3 aromatic rings. The van der Waals surface area contributed by atoms with E-state index in [-0.39, 0.29) is 5.92 Å². The highest BCUT2D eigenvalue weighted by atomic mass is 16.5. The highest BCUT2D eigenvalue weighted by molar-refractivity contribution is 5.75. The summed E-state index contributed by atoms with van der Waals surface area (Å²) < 4.78 is 5.82. The first-order chi connectivity index (χ1) is 11.4. The molecule has 0 aromatic heterocycles. The minimum Gasteiger partial charge on any atom is -0.496 e. The van der Waals surface area contributed by atoms with Crippen LogP contribution >= 0.6 is 0 Å².